The van der Waals surface area contributed by atoms with Crippen molar-refractivity contribution in [1.29, 1.82) is 0 Å². The third-order valence-electron chi connectivity index (χ3n) is 3.47. The maximum Gasteiger partial charge on any atom is 0.411 e. The fraction of sp³-hybridized carbons (Fsp3) is 0.800. The summed E-state index contributed by atoms with van der Waals surface area (Å²) < 4.78 is 10.3. The third-order valence-corrected chi connectivity index (χ3v) is 3.47. The van der Waals surface area contributed by atoms with Gasteiger partial charge in [-0.25, -0.2) is 4.79 Å². The third kappa shape index (κ3) is 4.11. The van der Waals surface area contributed by atoms with Crippen LogP contribution in [0.4, 0.5) is 4.79 Å². The van der Waals surface area contributed by atoms with E-state index in [0.717, 1.165) is 0 Å². The molecule has 0 aromatic carbocycles. The topological polar surface area (TPSA) is 76.2 Å². The summed E-state index contributed by atoms with van der Waals surface area (Å²) in [6.07, 6.45) is -0.788. The van der Waals surface area contributed by atoms with Crippen LogP contribution in [0.1, 0.15) is 41.0 Å². The molecule has 0 aliphatic carbocycles. The average molecular weight is 314 g/mol. The van der Waals surface area contributed by atoms with E-state index in [1.54, 1.807) is 41.7 Å². The molecular formula is C15H26N2O5. The molecule has 7 nitrogen and oxygen atoms in total. The smallest absolute Gasteiger partial charge is 0.411 e. The highest BCUT2D eigenvalue weighted by Gasteiger charge is 2.49. The van der Waals surface area contributed by atoms with Gasteiger partial charge in [-0.2, -0.15) is 0 Å². The van der Waals surface area contributed by atoms with E-state index in [0.29, 0.717) is 13.1 Å². The Balaban J connectivity index is 3.03. The number of hydrogen-bond donors (Lipinski definition) is 0. The quantitative estimate of drug-likeness (QED) is 0.736. The summed E-state index contributed by atoms with van der Waals surface area (Å²) in [6.45, 7) is 9.48. The number of likely N-dealkylation sites (N-methyl/N-ethyl adjacent to an activating group) is 1. The lowest BCUT2D eigenvalue weighted by Gasteiger charge is -2.46. The molecule has 0 N–H and O–H groups in total. The van der Waals surface area contributed by atoms with Crippen molar-refractivity contribution in [2.75, 3.05) is 26.7 Å². The molecule has 0 bridgehead atoms. The predicted molar refractivity (Wildman–Crippen MR) is 80.2 cm³/mol. The molecule has 0 saturated carbocycles. The predicted octanol–water partition coefficient (Wildman–Crippen LogP) is 1.41. The molecule has 7 heteroatoms. The fourth-order valence-corrected chi connectivity index (χ4v) is 2.40. The van der Waals surface area contributed by atoms with Crippen molar-refractivity contribution in [1.82, 2.24) is 9.80 Å². The Bertz CT molecular complexity index is 457. The van der Waals surface area contributed by atoms with E-state index in [1.165, 1.54) is 9.80 Å². The Kier molecular flexibility index (Phi) is 5.43. The number of hydrogen-bond acceptors (Lipinski definition) is 5. The number of rotatable bonds is 3. The van der Waals surface area contributed by atoms with Crippen molar-refractivity contribution in [2.45, 2.75) is 52.2 Å². The van der Waals surface area contributed by atoms with Gasteiger partial charge in [0, 0.05) is 20.1 Å². The van der Waals surface area contributed by atoms with Crippen LogP contribution in [0.2, 0.25) is 0 Å². The van der Waals surface area contributed by atoms with Gasteiger partial charge in [0.05, 0.1) is 13.0 Å². The maximum absolute atomic E-state index is 12.5. The van der Waals surface area contributed by atoms with Crippen molar-refractivity contribution in [3.63, 3.8) is 0 Å². The van der Waals surface area contributed by atoms with Crippen LogP contribution in [0.3, 0.4) is 0 Å². The summed E-state index contributed by atoms with van der Waals surface area (Å²) >= 11 is 0. The van der Waals surface area contributed by atoms with Gasteiger partial charge in [-0.1, -0.05) is 0 Å². The zero-order valence-corrected chi connectivity index (χ0v) is 14.3. The minimum atomic E-state index is -1.29. The van der Waals surface area contributed by atoms with Gasteiger partial charge in [0.1, 0.15) is 11.1 Å². The van der Waals surface area contributed by atoms with Crippen LogP contribution >= 0.6 is 0 Å². The first-order chi connectivity index (χ1) is 10.0. The number of piperazine rings is 1. The van der Waals surface area contributed by atoms with Gasteiger partial charge in [-0.3, -0.25) is 14.5 Å². The standard InChI is InChI=1S/C15H26N2O5/c1-7-21-11(18)10-15(5)12(19)16(6)8-9-17(15)13(20)22-14(2,3)4/h7-10H2,1-6H3. The van der Waals surface area contributed by atoms with Gasteiger partial charge in [0.25, 0.3) is 0 Å². The number of ether oxygens (including phenoxy) is 2. The van der Waals surface area contributed by atoms with Crippen LogP contribution in [0.15, 0.2) is 0 Å². The molecule has 0 spiro atoms. The molecule has 0 aromatic heterocycles. The van der Waals surface area contributed by atoms with E-state index < -0.39 is 23.2 Å². The van der Waals surface area contributed by atoms with Crippen molar-refractivity contribution in [2.24, 2.45) is 0 Å². The number of amides is 2. The van der Waals surface area contributed by atoms with E-state index in [1.807, 2.05) is 0 Å². The van der Waals surface area contributed by atoms with Crippen LogP contribution in [0.25, 0.3) is 0 Å². The van der Waals surface area contributed by atoms with Gasteiger partial charge in [-0.05, 0) is 34.6 Å². The maximum atomic E-state index is 12.5. The lowest BCUT2D eigenvalue weighted by Crippen LogP contribution is -2.66. The largest absolute Gasteiger partial charge is 0.466 e. The number of carbonyl (C=O) groups excluding carboxylic acids is 3. The Morgan fingerprint density at radius 1 is 1.27 bits per heavy atom. The molecule has 1 saturated heterocycles. The second-order valence-electron chi connectivity index (χ2n) is 6.61. The van der Waals surface area contributed by atoms with E-state index in [4.69, 9.17) is 9.47 Å². The van der Waals surface area contributed by atoms with E-state index in [9.17, 15) is 14.4 Å². The molecule has 126 valence electrons. The van der Waals surface area contributed by atoms with Crippen LogP contribution in [0, 0.1) is 0 Å². The van der Waals surface area contributed by atoms with Gasteiger partial charge in [-0.15, -0.1) is 0 Å². The normalized spacial score (nSPS) is 22.5. The molecular weight excluding hydrogens is 288 g/mol. The molecule has 22 heavy (non-hydrogen) atoms. The summed E-state index contributed by atoms with van der Waals surface area (Å²) in [5.74, 6) is -0.806. The number of esters is 1. The van der Waals surface area contributed by atoms with Crippen LogP contribution in [-0.2, 0) is 19.1 Å². The fourth-order valence-electron chi connectivity index (χ4n) is 2.40. The summed E-state index contributed by atoms with van der Waals surface area (Å²) in [4.78, 5) is 39.6. The van der Waals surface area contributed by atoms with Crippen molar-refractivity contribution < 1.29 is 23.9 Å². The monoisotopic (exact) mass is 314 g/mol. The summed E-state index contributed by atoms with van der Waals surface area (Å²) in [5.41, 5.74) is -1.96. The second-order valence-corrected chi connectivity index (χ2v) is 6.61. The van der Waals surface area contributed by atoms with E-state index in [-0.39, 0.29) is 18.9 Å². The first kappa shape index (κ1) is 18.3. The minimum Gasteiger partial charge on any atom is -0.466 e. The first-order valence-electron chi connectivity index (χ1n) is 7.43. The highest BCUT2D eigenvalue weighted by atomic mass is 16.6. The zero-order chi connectivity index (χ0) is 17.1. The SMILES string of the molecule is CCOC(=O)CC1(C)C(=O)N(C)CCN1C(=O)OC(C)(C)C. The number of nitrogens with zero attached hydrogens (tertiary/aromatic N) is 2. The van der Waals surface area contributed by atoms with Gasteiger partial charge >= 0.3 is 12.1 Å². The van der Waals surface area contributed by atoms with Gasteiger partial charge < -0.3 is 14.4 Å². The highest BCUT2D eigenvalue weighted by molar-refractivity contribution is 5.94. The van der Waals surface area contributed by atoms with Crippen LogP contribution in [0.5, 0.6) is 0 Å². The molecule has 1 atom stereocenters. The summed E-state index contributed by atoms with van der Waals surface area (Å²) in [5, 5.41) is 0. The molecule has 1 heterocycles. The van der Waals surface area contributed by atoms with Crippen LogP contribution < -0.4 is 0 Å². The lowest BCUT2D eigenvalue weighted by molar-refractivity contribution is -0.157. The van der Waals surface area contributed by atoms with Crippen molar-refractivity contribution in [3.05, 3.63) is 0 Å². The molecule has 1 aliphatic heterocycles. The van der Waals surface area contributed by atoms with Gasteiger partial charge in [0.2, 0.25) is 5.91 Å². The Morgan fingerprint density at radius 2 is 1.86 bits per heavy atom. The Morgan fingerprint density at radius 3 is 2.36 bits per heavy atom. The zero-order valence-electron chi connectivity index (χ0n) is 14.3. The van der Waals surface area contributed by atoms with Crippen molar-refractivity contribution >= 4 is 18.0 Å². The van der Waals surface area contributed by atoms with Crippen LogP contribution in [-0.4, -0.2) is 65.7 Å². The molecule has 1 aliphatic rings. The van der Waals surface area contributed by atoms with Crippen molar-refractivity contribution in [3.8, 4) is 0 Å². The lowest BCUT2D eigenvalue weighted by atomic mass is 9.91. The summed E-state index contributed by atoms with van der Waals surface area (Å²) in [6, 6.07) is 0. The molecule has 0 aromatic rings. The van der Waals surface area contributed by atoms with E-state index >= 15 is 0 Å². The highest BCUT2D eigenvalue weighted by Crippen LogP contribution is 2.28. The first-order valence-corrected chi connectivity index (χ1v) is 7.43. The molecule has 1 rings (SSSR count). The Hall–Kier alpha value is -1.79. The molecule has 1 unspecified atom stereocenters. The van der Waals surface area contributed by atoms with Gasteiger partial charge in [0.15, 0.2) is 0 Å². The number of carbonyl (C=O) groups is 3. The molecule has 2 amide bonds. The average Bonchev–Trinajstić information content (AvgIpc) is 2.34. The molecule has 0 radical (unpaired) electrons. The Labute approximate surface area is 131 Å². The molecule has 1 fully saturated rings. The van der Waals surface area contributed by atoms with E-state index in [2.05, 4.69) is 0 Å². The second kappa shape index (κ2) is 6.54. The summed E-state index contributed by atoms with van der Waals surface area (Å²) in [7, 11) is 1.65. The minimum absolute atomic E-state index is 0.191.